The fourth-order valence-corrected chi connectivity index (χ4v) is 9.58. The Morgan fingerprint density at radius 3 is 1.67 bits per heavy atom. The lowest BCUT2D eigenvalue weighted by molar-refractivity contribution is 0.527. The Hall–Kier alpha value is -1.60. The van der Waals surface area contributed by atoms with Gasteiger partial charge in [-0.2, -0.15) is 0 Å². The molecule has 0 bridgehead atoms. The number of benzene rings is 2. The topological polar surface area (TPSA) is 0 Å². The molecule has 1 aliphatic rings. The van der Waals surface area contributed by atoms with Crippen LogP contribution in [0.5, 0.6) is 0 Å². The minimum atomic E-state index is -1.79. The average molecular weight is 292 g/mol. The van der Waals surface area contributed by atoms with Gasteiger partial charge in [0.1, 0.15) is 8.07 Å². The van der Waals surface area contributed by atoms with Crippen molar-refractivity contribution in [3.8, 4) is 0 Å². The van der Waals surface area contributed by atoms with Crippen molar-refractivity contribution in [2.45, 2.75) is 33.2 Å². The summed E-state index contributed by atoms with van der Waals surface area (Å²) in [6.07, 6.45) is 3.76. The Morgan fingerprint density at radius 1 is 0.762 bits per heavy atom. The van der Waals surface area contributed by atoms with Crippen LogP contribution < -0.4 is 10.4 Å². The first-order valence-electron chi connectivity index (χ1n) is 7.87. The Balaban J connectivity index is 2.25. The number of hydrogen-bond donors (Lipinski definition) is 0. The lowest BCUT2D eigenvalue weighted by Gasteiger charge is -2.38. The summed E-state index contributed by atoms with van der Waals surface area (Å²) < 4.78 is 0. The van der Waals surface area contributed by atoms with Gasteiger partial charge in [-0.15, -0.1) is 0 Å². The van der Waals surface area contributed by atoms with Crippen LogP contribution in [-0.4, -0.2) is 8.07 Å². The SMILES string of the molecule is CC(C)(C)C1=CCC[Si]1(c1ccccc1)c1ccccc1. The second kappa shape index (κ2) is 5.30. The summed E-state index contributed by atoms with van der Waals surface area (Å²) in [4.78, 5) is 0. The first-order chi connectivity index (χ1) is 10.0. The number of rotatable bonds is 2. The standard InChI is InChI=1S/C20H24Si/c1-20(2,3)19-15-10-16-21(19,17-11-6-4-7-12-17)18-13-8-5-9-14-18/h4-9,11-15H,10,16H2,1-3H3. The van der Waals surface area contributed by atoms with Crippen molar-refractivity contribution in [2.24, 2.45) is 5.41 Å². The molecule has 0 radical (unpaired) electrons. The fraction of sp³-hybridized carbons (Fsp3) is 0.300. The van der Waals surface area contributed by atoms with Crippen LogP contribution in [0.3, 0.4) is 0 Å². The molecule has 108 valence electrons. The number of hydrogen-bond acceptors (Lipinski definition) is 0. The van der Waals surface area contributed by atoms with E-state index in [-0.39, 0.29) is 5.41 Å². The summed E-state index contributed by atoms with van der Waals surface area (Å²) in [6, 6.07) is 23.8. The molecule has 0 aliphatic carbocycles. The maximum absolute atomic E-state index is 2.53. The molecule has 1 aliphatic heterocycles. The molecular weight excluding hydrogens is 268 g/mol. The normalized spacial score (nSPS) is 17.6. The Bertz CT molecular complexity index is 593. The first kappa shape index (κ1) is 14.3. The second-order valence-electron chi connectivity index (χ2n) is 7.04. The fourth-order valence-electron chi connectivity index (χ4n) is 3.90. The molecule has 0 unspecified atom stereocenters. The van der Waals surface area contributed by atoms with Gasteiger partial charge in [0.25, 0.3) is 0 Å². The van der Waals surface area contributed by atoms with Crippen molar-refractivity contribution >= 4 is 18.4 Å². The average Bonchev–Trinajstić information content (AvgIpc) is 2.95. The molecule has 1 heteroatoms. The second-order valence-corrected chi connectivity index (χ2v) is 11.0. The van der Waals surface area contributed by atoms with Crippen LogP contribution >= 0.6 is 0 Å². The third kappa shape index (κ3) is 2.40. The minimum absolute atomic E-state index is 0.244. The van der Waals surface area contributed by atoms with Gasteiger partial charge in [0.2, 0.25) is 0 Å². The zero-order valence-electron chi connectivity index (χ0n) is 13.3. The van der Waals surface area contributed by atoms with Crippen molar-refractivity contribution in [3.05, 3.63) is 71.9 Å². The van der Waals surface area contributed by atoms with E-state index in [2.05, 4.69) is 87.5 Å². The van der Waals surface area contributed by atoms with E-state index >= 15 is 0 Å². The van der Waals surface area contributed by atoms with E-state index in [9.17, 15) is 0 Å². The van der Waals surface area contributed by atoms with Gasteiger partial charge in [-0.3, -0.25) is 0 Å². The molecule has 0 amide bonds. The van der Waals surface area contributed by atoms with Gasteiger partial charge in [0.15, 0.2) is 0 Å². The first-order valence-corrected chi connectivity index (χ1v) is 10.1. The minimum Gasteiger partial charge on any atom is -0.0882 e. The van der Waals surface area contributed by atoms with Crippen LogP contribution in [0.4, 0.5) is 0 Å². The van der Waals surface area contributed by atoms with Gasteiger partial charge in [-0.25, -0.2) is 0 Å². The summed E-state index contributed by atoms with van der Waals surface area (Å²) in [7, 11) is -1.79. The van der Waals surface area contributed by atoms with Crippen LogP contribution in [0.1, 0.15) is 27.2 Å². The third-order valence-corrected chi connectivity index (χ3v) is 10.2. The highest BCUT2D eigenvalue weighted by atomic mass is 28.3. The number of allylic oxidation sites excluding steroid dienone is 2. The van der Waals surface area contributed by atoms with Crippen molar-refractivity contribution in [3.63, 3.8) is 0 Å². The van der Waals surface area contributed by atoms with Gasteiger partial charge in [0, 0.05) is 0 Å². The van der Waals surface area contributed by atoms with Crippen molar-refractivity contribution < 1.29 is 0 Å². The van der Waals surface area contributed by atoms with E-state index in [1.54, 1.807) is 15.6 Å². The Kier molecular flexibility index (Phi) is 3.62. The highest BCUT2D eigenvalue weighted by Gasteiger charge is 2.46. The summed E-state index contributed by atoms with van der Waals surface area (Å²) in [5.41, 5.74) is 0.244. The molecule has 0 saturated carbocycles. The predicted octanol–water partition coefficient (Wildman–Crippen LogP) is 4.17. The van der Waals surface area contributed by atoms with Gasteiger partial charge in [0.05, 0.1) is 0 Å². The van der Waals surface area contributed by atoms with Crippen LogP contribution in [0.25, 0.3) is 0 Å². The van der Waals surface area contributed by atoms with Gasteiger partial charge in [-0.05, 0) is 28.3 Å². The van der Waals surface area contributed by atoms with Crippen molar-refractivity contribution in [2.75, 3.05) is 0 Å². The highest BCUT2D eigenvalue weighted by Crippen LogP contribution is 2.40. The Labute approximate surface area is 129 Å². The molecule has 0 nitrogen and oxygen atoms in total. The van der Waals surface area contributed by atoms with Gasteiger partial charge in [-0.1, -0.05) is 92.7 Å². The van der Waals surface area contributed by atoms with Gasteiger partial charge < -0.3 is 0 Å². The van der Waals surface area contributed by atoms with E-state index in [4.69, 9.17) is 0 Å². The summed E-state index contributed by atoms with van der Waals surface area (Å²) in [6.45, 7) is 7.12. The van der Waals surface area contributed by atoms with Crippen LogP contribution in [-0.2, 0) is 0 Å². The molecule has 21 heavy (non-hydrogen) atoms. The molecule has 2 aromatic rings. The van der Waals surface area contributed by atoms with E-state index in [1.165, 1.54) is 12.5 Å². The van der Waals surface area contributed by atoms with Crippen molar-refractivity contribution in [1.29, 1.82) is 0 Å². The third-order valence-electron chi connectivity index (χ3n) is 4.67. The largest absolute Gasteiger partial charge is 0.144 e. The van der Waals surface area contributed by atoms with Crippen LogP contribution in [0.15, 0.2) is 71.9 Å². The van der Waals surface area contributed by atoms with E-state index in [0.29, 0.717) is 0 Å². The predicted molar refractivity (Wildman–Crippen MR) is 94.9 cm³/mol. The lowest BCUT2D eigenvalue weighted by atomic mass is 9.95. The molecule has 0 aromatic heterocycles. The molecule has 0 spiro atoms. The molecule has 0 N–H and O–H groups in total. The smallest absolute Gasteiger partial charge is 0.0882 e. The zero-order valence-corrected chi connectivity index (χ0v) is 14.3. The molecule has 3 rings (SSSR count). The van der Waals surface area contributed by atoms with E-state index in [1.807, 2.05) is 0 Å². The summed E-state index contributed by atoms with van der Waals surface area (Å²) in [5, 5.41) is 4.83. The maximum atomic E-state index is 2.53. The van der Waals surface area contributed by atoms with Crippen molar-refractivity contribution in [1.82, 2.24) is 0 Å². The summed E-state index contributed by atoms with van der Waals surface area (Å²) in [5.74, 6) is 0. The van der Waals surface area contributed by atoms with Crippen LogP contribution in [0.2, 0.25) is 6.04 Å². The molecule has 0 fully saturated rings. The highest BCUT2D eigenvalue weighted by molar-refractivity contribution is 7.08. The maximum Gasteiger partial charge on any atom is 0.144 e. The van der Waals surface area contributed by atoms with E-state index in [0.717, 1.165) is 0 Å². The van der Waals surface area contributed by atoms with E-state index < -0.39 is 8.07 Å². The molecular formula is C20H24Si. The zero-order chi connectivity index (χ0) is 14.9. The quantitative estimate of drug-likeness (QED) is 0.729. The molecule has 2 aromatic carbocycles. The lowest BCUT2D eigenvalue weighted by Crippen LogP contribution is -2.60. The summed E-state index contributed by atoms with van der Waals surface area (Å²) >= 11 is 0. The van der Waals surface area contributed by atoms with Crippen LogP contribution in [0, 0.1) is 5.41 Å². The molecule has 0 atom stereocenters. The molecule has 1 heterocycles. The molecule has 0 saturated heterocycles. The Morgan fingerprint density at radius 2 is 1.24 bits per heavy atom. The monoisotopic (exact) mass is 292 g/mol. The van der Waals surface area contributed by atoms with Gasteiger partial charge >= 0.3 is 0 Å².